The van der Waals surface area contributed by atoms with Crippen molar-refractivity contribution < 1.29 is 13.6 Å². The molecule has 0 saturated heterocycles. The fourth-order valence-electron chi connectivity index (χ4n) is 2.73. The van der Waals surface area contributed by atoms with Gasteiger partial charge in [0, 0.05) is 12.6 Å². The lowest BCUT2D eigenvalue weighted by Crippen LogP contribution is -1.97. The minimum absolute atomic E-state index is 0.0827. The maximum absolute atomic E-state index is 5.86. The number of benzene rings is 1. The average Bonchev–Trinajstić information content (AvgIpc) is 3.43. The van der Waals surface area contributed by atoms with Gasteiger partial charge in [-0.2, -0.15) is 0 Å². The quantitative estimate of drug-likeness (QED) is 0.445. The van der Waals surface area contributed by atoms with Gasteiger partial charge in [0.2, 0.25) is 11.8 Å². The SMILES string of the molecule is COc1ccc(-c2nnc([C@H](C)Sc3nnc(-c4ccoc4C)n3C)o2)cc1. The Hall–Kier alpha value is -3.07. The summed E-state index contributed by atoms with van der Waals surface area (Å²) in [5.74, 6) is 3.34. The molecule has 0 fully saturated rings. The van der Waals surface area contributed by atoms with Crippen molar-refractivity contribution in [2.24, 2.45) is 7.05 Å². The topological polar surface area (TPSA) is 92.0 Å². The van der Waals surface area contributed by atoms with Crippen LogP contribution in [0.15, 0.2) is 50.6 Å². The Bertz CT molecular complexity index is 1080. The van der Waals surface area contributed by atoms with Crippen LogP contribution in [0.1, 0.15) is 23.8 Å². The molecule has 0 aliphatic carbocycles. The zero-order chi connectivity index (χ0) is 19.7. The predicted molar refractivity (Wildman–Crippen MR) is 104 cm³/mol. The molecule has 8 nitrogen and oxygen atoms in total. The fourth-order valence-corrected chi connectivity index (χ4v) is 3.57. The highest BCUT2D eigenvalue weighted by molar-refractivity contribution is 7.99. The monoisotopic (exact) mass is 397 g/mol. The molecule has 0 bridgehead atoms. The first kappa shape index (κ1) is 18.3. The second-order valence-electron chi connectivity index (χ2n) is 6.19. The van der Waals surface area contributed by atoms with Crippen molar-refractivity contribution in [1.29, 1.82) is 0 Å². The summed E-state index contributed by atoms with van der Waals surface area (Å²) in [6.45, 7) is 3.89. The number of furan rings is 1. The number of thioether (sulfide) groups is 1. The van der Waals surface area contributed by atoms with Crippen molar-refractivity contribution in [3.63, 3.8) is 0 Å². The van der Waals surface area contributed by atoms with Crippen LogP contribution >= 0.6 is 11.8 Å². The molecule has 28 heavy (non-hydrogen) atoms. The number of methoxy groups -OCH3 is 1. The molecule has 4 aromatic rings. The highest BCUT2D eigenvalue weighted by atomic mass is 32.2. The molecule has 0 radical (unpaired) electrons. The fraction of sp³-hybridized carbons (Fsp3) is 0.263. The zero-order valence-electron chi connectivity index (χ0n) is 15.9. The number of hydrogen-bond donors (Lipinski definition) is 0. The summed E-state index contributed by atoms with van der Waals surface area (Å²) < 4.78 is 18.3. The van der Waals surface area contributed by atoms with Gasteiger partial charge in [-0.3, -0.25) is 0 Å². The Morgan fingerprint density at radius 1 is 1.07 bits per heavy atom. The van der Waals surface area contributed by atoms with Gasteiger partial charge in [-0.25, -0.2) is 0 Å². The number of rotatable bonds is 6. The summed E-state index contributed by atoms with van der Waals surface area (Å²) in [6.07, 6.45) is 1.65. The smallest absolute Gasteiger partial charge is 0.247 e. The molecule has 0 saturated carbocycles. The number of hydrogen-bond acceptors (Lipinski definition) is 8. The van der Waals surface area contributed by atoms with E-state index in [1.54, 1.807) is 13.4 Å². The molecule has 9 heteroatoms. The maximum Gasteiger partial charge on any atom is 0.247 e. The molecule has 3 heterocycles. The molecule has 1 atom stereocenters. The van der Waals surface area contributed by atoms with Crippen LogP contribution in [-0.4, -0.2) is 32.1 Å². The van der Waals surface area contributed by atoms with Gasteiger partial charge in [0.25, 0.3) is 0 Å². The van der Waals surface area contributed by atoms with Gasteiger partial charge in [0.1, 0.15) is 11.5 Å². The third-order valence-corrected chi connectivity index (χ3v) is 5.46. The normalized spacial score (nSPS) is 12.3. The maximum atomic E-state index is 5.86. The molecule has 1 aromatic carbocycles. The third-order valence-electron chi connectivity index (χ3n) is 4.34. The van der Waals surface area contributed by atoms with Gasteiger partial charge < -0.3 is 18.1 Å². The van der Waals surface area contributed by atoms with Crippen molar-refractivity contribution in [2.75, 3.05) is 7.11 Å². The van der Waals surface area contributed by atoms with E-state index in [9.17, 15) is 0 Å². The average molecular weight is 397 g/mol. The first-order valence-electron chi connectivity index (χ1n) is 8.65. The Morgan fingerprint density at radius 2 is 1.86 bits per heavy atom. The van der Waals surface area contributed by atoms with Crippen LogP contribution in [-0.2, 0) is 7.05 Å². The van der Waals surface area contributed by atoms with Crippen molar-refractivity contribution in [3.05, 3.63) is 48.2 Å². The van der Waals surface area contributed by atoms with Crippen molar-refractivity contribution in [3.8, 4) is 28.6 Å². The van der Waals surface area contributed by atoms with Crippen molar-refractivity contribution in [2.45, 2.75) is 24.3 Å². The summed E-state index contributed by atoms with van der Waals surface area (Å²) in [5.41, 5.74) is 1.77. The van der Waals surface area contributed by atoms with E-state index in [-0.39, 0.29) is 5.25 Å². The van der Waals surface area contributed by atoms with Gasteiger partial charge in [-0.1, -0.05) is 11.8 Å². The van der Waals surface area contributed by atoms with Crippen LogP contribution in [0.25, 0.3) is 22.8 Å². The van der Waals surface area contributed by atoms with E-state index in [2.05, 4.69) is 20.4 Å². The molecular formula is C19H19N5O3S. The van der Waals surface area contributed by atoms with Crippen LogP contribution in [0.2, 0.25) is 0 Å². The summed E-state index contributed by atoms with van der Waals surface area (Å²) in [5, 5.41) is 17.6. The predicted octanol–water partition coefficient (Wildman–Crippen LogP) is 4.30. The summed E-state index contributed by atoms with van der Waals surface area (Å²) in [7, 11) is 3.55. The second-order valence-corrected chi connectivity index (χ2v) is 7.50. The van der Waals surface area contributed by atoms with Crippen molar-refractivity contribution in [1.82, 2.24) is 25.0 Å². The van der Waals surface area contributed by atoms with E-state index in [1.165, 1.54) is 11.8 Å². The van der Waals surface area contributed by atoms with Crippen LogP contribution in [0.3, 0.4) is 0 Å². The lowest BCUT2D eigenvalue weighted by molar-refractivity contribution is 0.415. The molecule has 0 spiro atoms. The number of aryl methyl sites for hydroxylation is 1. The number of aromatic nitrogens is 5. The van der Waals surface area contributed by atoms with Gasteiger partial charge in [-0.15, -0.1) is 20.4 Å². The summed E-state index contributed by atoms with van der Waals surface area (Å²) in [6, 6.07) is 9.37. The van der Waals surface area contributed by atoms with E-state index in [0.717, 1.165) is 33.6 Å². The number of nitrogens with zero attached hydrogens (tertiary/aromatic N) is 5. The Morgan fingerprint density at radius 3 is 2.54 bits per heavy atom. The lowest BCUT2D eigenvalue weighted by Gasteiger charge is -2.06. The van der Waals surface area contributed by atoms with Gasteiger partial charge >= 0.3 is 0 Å². The van der Waals surface area contributed by atoms with Crippen LogP contribution in [0.4, 0.5) is 0 Å². The first-order chi connectivity index (χ1) is 13.6. The molecule has 0 amide bonds. The minimum Gasteiger partial charge on any atom is -0.497 e. The zero-order valence-corrected chi connectivity index (χ0v) is 16.7. The van der Waals surface area contributed by atoms with E-state index >= 15 is 0 Å². The molecular weight excluding hydrogens is 378 g/mol. The Balaban J connectivity index is 1.52. The van der Waals surface area contributed by atoms with E-state index in [4.69, 9.17) is 13.6 Å². The summed E-state index contributed by atoms with van der Waals surface area (Å²) in [4.78, 5) is 0. The Labute approximate surface area is 165 Å². The Kier molecular flexibility index (Phi) is 4.91. The lowest BCUT2D eigenvalue weighted by atomic mass is 10.2. The first-order valence-corrected chi connectivity index (χ1v) is 9.53. The molecule has 0 N–H and O–H groups in total. The minimum atomic E-state index is -0.0827. The van der Waals surface area contributed by atoms with Crippen LogP contribution in [0, 0.1) is 6.92 Å². The van der Waals surface area contributed by atoms with Gasteiger partial charge in [0.05, 0.1) is 24.2 Å². The standard InChI is InChI=1S/C19H19N5O3S/c1-11-15(9-10-26-11)16-20-23-19(24(16)3)28-12(2)17-21-22-18(27-17)13-5-7-14(25-4)8-6-13/h5-10,12H,1-4H3/t12-/m0/s1. The second kappa shape index (κ2) is 7.51. The largest absolute Gasteiger partial charge is 0.497 e. The molecule has 144 valence electrons. The molecule has 0 aliphatic heterocycles. The molecule has 0 unspecified atom stereocenters. The van der Waals surface area contributed by atoms with E-state index < -0.39 is 0 Å². The number of ether oxygens (including phenoxy) is 1. The highest BCUT2D eigenvalue weighted by Gasteiger charge is 2.21. The van der Waals surface area contributed by atoms with Gasteiger partial charge in [-0.05, 0) is 44.2 Å². The highest BCUT2D eigenvalue weighted by Crippen LogP contribution is 2.35. The van der Waals surface area contributed by atoms with Crippen molar-refractivity contribution >= 4 is 11.8 Å². The van der Waals surface area contributed by atoms with Crippen LogP contribution in [0.5, 0.6) is 5.75 Å². The third kappa shape index (κ3) is 3.40. The van der Waals surface area contributed by atoms with Gasteiger partial charge in [0.15, 0.2) is 11.0 Å². The van der Waals surface area contributed by atoms with E-state index in [1.807, 2.05) is 55.8 Å². The van der Waals surface area contributed by atoms with Crippen LogP contribution < -0.4 is 4.74 Å². The van der Waals surface area contributed by atoms with E-state index in [0.29, 0.717) is 11.8 Å². The molecule has 3 aromatic heterocycles. The molecule has 4 rings (SSSR count). The summed E-state index contributed by atoms with van der Waals surface area (Å²) >= 11 is 1.50. The molecule has 0 aliphatic rings.